The van der Waals surface area contributed by atoms with Crippen LogP contribution in [-0.2, 0) is 9.53 Å². The normalized spacial score (nSPS) is 21.3. The van der Waals surface area contributed by atoms with Gasteiger partial charge in [-0.1, -0.05) is 17.8 Å². The lowest BCUT2D eigenvalue weighted by Gasteiger charge is -2.23. The van der Waals surface area contributed by atoms with Crippen molar-refractivity contribution in [2.24, 2.45) is 0 Å². The van der Waals surface area contributed by atoms with Crippen LogP contribution in [0.25, 0.3) is 17.0 Å². The third-order valence-electron chi connectivity index (χ3n) is 5.63. The molecule has 32 heavy (non-hydrogen) atoms. The molecule has 2 unspecified atom stereocenters. The SMILES string of the molecule is O=C1CC(O)CC(/C=C/c2c(C3CC3)nc3ccc(F)cc3c2Sc2ccc(F)cc2)O1. The zero-order valence-electron chi connectivity index (χ0n) is 17.1. The highest BCUT2D eigenvalue weighted by atomic mass is 32.2. The van der Waals surface area contributed by atoms with Crippen LogP contribution in [0.2, 0.25) is 0 Å². The summed E-state index contributed by atoms with van der Waals surface area (Å²) in [5.74, 6) is -0.799. The number of aromatic nitrogens is 1. The van der Waals surface area contributed by atoms with E-state index in [0.717, 1.165) is 33.9 Å². The molecule has 0 bridgehead atoms. The monoisotopic (exact) mass is 453 g/mol. The summed E-state index contributed by atoms with van der Waals surface area (Å²) in [4.78, 5) is 18.2. The van der Waals surface area contributed by atoms with Gasteiger partial charge in [-0.3, -0.25) is 9.78 Å². The molecule has 7 heteroatoms. The Bertz CT molecular complexity index is 1210. The predicted octanol–water partition coefficient (Wildman–Crippen LogP) is 5.62. The van der Waals surface area contributed by atoms with E-state index in [0.29, 0.717) is 23.2 Å². The zero-order valence-corrected chi connectivity index (χ0v) is 17.9. The number of ether oxygens (including phenoxy) is 1. The Morgan fingerprint density at radius 2 is 1.84 bits per heavy atom. The number of hydrogen-bond acceptors (Lipinski definition) is 5. The number of halogens is 2. The van der Waals surface area contributed by atoms with Crippen LogP contribution in [0.15, 0.2) is 58.3 Å². The summed E-state index contributed by atoms with van der Waals surface area (Å²) >= 11 is 1.43. The van der Waals surface area contributed by atoms with Gasteiger partial charge in [-0.25, -0.2) is 8.78 Å². The lowest BCUT2D eigenvalue weighted by Crippen LogP contribution is -2.31. The molecule has 1 N–H and O–H groups in total. The van der Waals surface area contributed by atoms with Crippen molar-refractivity contribution in [1.29, 1.82) is 0 Å². The third-order valence-corrected chi connectivity index (χ3v) is 6.78. The van der Waals surface area contributed by atoms with Gasteiger partial charge in [0.1, 0.15) is 17.7 Å². The highest BCUT2D eigenvalue weighted by Gasteiger charge is 2.30. The van der Waals surface area contributed by atoms with E-state index in [4.69, 9.17) is 9.72 Å². The number of carbonyl (C=O) groups excluding carboxylic acids is 1. The molecule has 1 saturated heterocycles. The first-order valence-corrected chi connectivity index (χ1v) is 11.4. The maximum absolute atomic E-state index is 14.2. The number of cyclic esters (lactones) is 1. The number of carbonyl (C=O) groups is 1. The molecule has 2 aromatic carbocycles. The molecule has 1 aliphatic carbocycles. The molecule has 164 valence electrons. The second-order valence-electron chi connectivity index (χ2n) is 8.21. The van der Waals surface area contributed by atoms with E-state index in [1.807, 2.05) is 6.08 Å². The Labute approximate surface area is 188 Å². The minimum atomic E-state index is -0.731. The molecule has 0 radical (unpaired) electrons. The molecule has 0 spiro atoms. The van der Waals surface area contributed by atoms with Gasteiger partial charge in [0.2, 0.25) is 0 Å². The van der Waals surface area contributed by atoms with Gasteiger partial charge in [0.25, 0.3) is 0 Å². The van der Waals surface area contributed by atoms with Gasteiger partial charge < -0.3 is 9.84 Å². The minimum absolute atomic E-state index is 0.000139. The van der Waals surface area contributed by atoms with Gasteiger partial charge in [0, 0.05) is 33.1 Å². The van der Waals surface area contributed by atoms with Crippen molar-refractivity contribution in [2.45, 2.75) is 53.6 Å². The summed E-state index contributed by atoms with van der Waals surface area (Å²) in [5.41, 5.74) is 2.47. The van der Waals surface area contributed by atoms with Gasteiger partial charge in [-0.15, -0.1) is 0 Å². The number of nitrogens with zero attached hydrogens (tertiary/aromatic N) is 1. The molecule has 1 aromatic heterocycles. The number of fused-ring (bicyclic) bond motifs is 1. The van der Waals surface area contributed by atoms with Crippen LogP contribution in [0, 0.1) is 11.6 Å². The third kappa shape index (κ3) is 4.54. The maximum Gasteiger partial charge on any atom is 0.309 e. The lowest BCUT2D eigenvalue weighted by molar-refractivity contribution is -0.156. The second kappa shape index (κ2) is 8.64. The largest absolute Gasteiger partial charge is 0.458 e. The summed E-state index contributed by atoms with van der Waals surface area (Å²) in [5, 5.41) is 10.6. The lowest BCUT2D eigenvalue weighted by atomic mass is 10.0. The number of hydrogen-bond donors (Lipinski definition) is 1. The van der Waals surface area contributed by atoms with Crippen molar-refractivity contribution in [3.05, 3.63) is 71.4 Å². The fourth-order valence-electron chi connectivity index (χ4n) is 3.93. The Kier molecular flexibility index (Phi) is 5.69. The van der Waals surface area contributed by atoms with Crippen molar-refractivity contribution in [3.8, 4) is 0 Å². The van der Waals surface area contributed by atoms with Crippen LogP contribution in [0.3, 0.4) is 0 Å². The first kappa shape index (κ1) is 21.1. The number of benzene rings is 2. The average Bonchev–Trinajstić information content (AvgIpc) is 3.59. The van der Waals surface area contributed by atoms with Crippen molar-refractivity contribution in [2.75, 3.05) is 0 Å². The van der Waals surface area contributed by atoms with E-state index in [9.17, 15) is 18.7 Å². The van der Waals surface area contributed by atoms with Crippen molar-refractivity contribution in [3.63, 3.8) is 0 Å². The number of esters is 1. The predicted molar refractivity (Wildman–Crippen MR) is 118 cm³/mol. The van der Waals surface area contributed by atoms with Crippen LogP contribution in [0.4, 0.5) is 8.78 Å². The van der Waals surface area contributed by atoms with Crippen molar-refractivity contribution in [1.82, 2.24) is 4.98 Å². The van der Waals surface area contributed by atoms with Gasteiger partial charge in [0.15, 0.2) is 0 Å². The smallest absolute Gasteiger partial charge is 0.309 e. The van der Waals surface area contributed by atoms with E-state index in [2.05, 4.69) is 0 Å². The van der Waals surface area contributed by atoms with Crippen molar-refractivity contribution < 1.29 is 23.4 Å². The summed E-state index contributed by atoms with van der Waals surface area (Å²) in [7, 11) is 0. The summed E-state index contributed by atoms with van der Waals surface area (Å²) in [6, 6.07) is 10.7. The number of aliphatic hydroxyl groups is 1. The highest BCUT2D eigenvalue weighted by Crippen LogP contribution is 2.46. The molecule has 2 heterocycles. The van der Waals surface area contributed by atoms with Gasteiger partial charge in [-0.05, 0) is 61.4 Å². The van der Waals surface area contributed by atoms with Crippen LogP contribution < -0.4 is 0 Å². The first-order valence-electron chi connectivity index (χ1n) is 10.6. The molecule has 3 aromatic rings. The molecule has 5 rings (SSSR count). The van der Waals surface area contributed by atoms with Crippen LogP contribution in [0.5, 0.6) is 0 Å². The topological polar surface area (TPSA) is 59.4 Å². The Hall–Kier alpha value is -2.77. The first-order chi connectivity index (χ1) is 15.5. The fraction of sp³-hybridized carbons (Fsp3) is 0.280. The van der Waals surface area contributed by atoms with E-state index < -0.39 is 18.2 Å². The van der Waals surface area contributed by atoms with E-state index in [-0.39, 0.29) is 18.1 Å². The second-order valence-corrected chi connectivity index (χ2v) is 9.30. The Morgan fingerprint density at radius 3 is 2.56 bits per heavy atom. The van der Waals surface area contributed by atoms with E-state index in [1.165, 1.54) is 36.0 Å². The zero-order chi connectivity index (χ0) is 22.2. The molecule has 1 aliphatic heterocycles. The number of aliphatic hydroxyl groups excluding tert-OH is 1. The fourth-order valence-corrected chi connectivity index (χ4v) is 4.99. The Morgan fingerprint density at radius 1 is 1.09 bits per heavy atom. The Balaban J connectivity index is 1.63. The van der Waals surface area contributed by atoms with Crippen LogP contribution >= 0.6 is 11.8 Å². The molecule has 4 nitrogen and oxygen atoms in total. The summed E-state index contributed by atoms with van der Waals surface area (Å²) < 4.78 is 33.0. The van der Waals surface area contributed by atoms with Gasteiger partial charge >= 0.3 is 5.97 Å². The molecular formula is C25H21F2NO3S. The minimum Gasteiger partial charge on any atom is -0.458 e. The summed E-state index contributed by atoms with van der Waals surface area (Å²) in [6.45, 7) is 0. The van der Waals surface area contributed by atoms with Crippen molar-refractivity contribution >= 4 is 34.7 Å². The summed E-state index contributed by atoms with van der Waals surface area (Å²) in [6.07, 6.45) is 4.75. The van der Waals surface area contributed by atoms with Crippen LogP contribution in [0.1, 0.15) is 42.9 Å². The number of rotatable bonds is 5. The highest BCUT2D eigenvalue weighted by molar-refractivity contribution is 7.99. The van der Waals surface area contributed by atoms with Gasteiger partial charge in [-0.2, -0.15) is 0 Å². The quantitative estimate of drug-likeness (QED) is 0.508. The molecule has 1 saturated carbocycles. The molecule has 0 amide bonds. The average molecular weight is 454 g/mol. The van der Waals surface area contributed by atoms with Crippen LogP contribution in [-0.4, -0.2) is 28.3 Å². The van der Waals surface area contributed by atoms with E-state index >= 15 is 0 Å². The molecular weight excluding hydrogens is 432 g/mol. The van der Waals surface area contributed by atoms with E-state index in [1.54, 1.807) is 24.3 Å². The standard InChI is InChI=1S/C25H21F2NO3S/c26-15-3-7-19(8-4-15)32-25-20(9-6-18-12-17(29)13-23(30)31-18)24(14-1-2-14)28-22-10-5-16(27)11-21(22)25/h3-11,14,17-18,29H,1-2,12-13H2/b9-6+. The molecule has 2 atom stereocenters. The van der Waals surface area contributed by atoms with Gasteiger partial charge in [0.05, 0.1) is 23.7 Å². The molecule has 2 aliphatic rings. The number of pyridine rings is 1. The molecule has 2 fully saturated rings. The maximum atomic E-state index is 14.2.